The zero-order valence-electron chi connectivity index (χ0n) is 9.84. The Kier molecular flexibility index (Phi) is 4.70. The maximum Gasteiger partial charge on any atom is 0.156 e. The number of hydrogen-bond acceptors (Lipinski definition) is 5. The lowest BCUT2D eigenvalue weighted by molar-refractivity contribution is 0.265. The first-order valence-electron chi connectivity index (χ1n) is 5.16. The SMILES string of the molecule is CCC(C(N)=NO)N(C)Cc1scnc1C. The summed E-state index contributed by atoms with van der Waals surface area (Å²) in [6, 6.07) is -0.0356. The molecule has 6 heteroatoms. The van der Waals surface area contributed by atoms with Crippen LogP contribution < -0.4 is 5.73 Å². The summed E-state index contributed by atoms with van der Waals surface area (Å²) in [7, 11) is 1.96. The Morgan fingerprint density at radius 1 is 1.75 bits per heavy atom. The van der Waals surface area contributed by atoms with E-state index in [1.54, 1.807) is 11.3 Å². The Morgan fingerprint density at radius 2 is 2.44 bits per heavy atom. The molecule has 0 aliphatic rings. The summed E-state index contributed by atoms with van der Waals surface area (Å²) in [6.45, 7) is 4.77. The van der Waals surface area contributed by atoms with Crippen molar-refractivity contribution >= 4 is 17.2 Å². The lowest BCUT2D eigenvalue weighted by Gasteiger charge is -2.25. The predicted molar refractivity (Wildman–Crippen MR) is 65.8 cm³/mol. The van der Waals surface area contributed by atoms with Crippen molar-refractivity contribution in [2.75, 3.05) is 7.05 Å². The van der Waals surface area contributed by atoms with Gasteiger partial charge in [0.1, 0.15) is 0 Å². The van der Waals surface area contributed by atoms with Gasteiger partial charge in [0.15, 0.2) is 5.84 Å². The van der Waals surface area contributed by atoms with Crippen LogP contribution in [-0.2, 0) is 6.54 Å². The fraction of sp³-hybridized carbons (Fsp3) is 0.600. The monoisotopic (exact) mass is 242 g/mol. The highest BCUT2D eigenvalue weighted by atomic mass is 32.1. The minimum atomic E-state index is -0.0356. The van der Waals surface area contributed by atoms with E-state index in [9.17, 15) is 0 Å². The van der Waals surface area contributed by atoms with Crippen molar-refractivity contribution in [3.63, 3.8) is 0 Å². The van der Waals surface area contributed by atoms with Crippen molar-refractivity contribution in [2.45, 2.75) is 32.9 Å². The summed E-state index contributed by atoms with van der Waals surface area (Å²) in [4.78, 5) is 7.48. The smallest absolute Gasteiger partial charge is 0.156 e. The third-order valence-electron chi connectivity index (χ3n) is 2.61. The van der Waals surface area contributed by atoms with E-state index in [2.05, 4.69) is 15.0 Å². The fourth-order valence-electron chi connectivity index (χ4n) is 1.63. The molecule has 0 fully saturated rings. The molecule has 0 spiro atoms. The largest absolute Gasteiger partial charge is 0.409 e. The Hall–Kier alpha value is -1.14. The molecule has 0 saturated heterocycles. The van der Waals surface area contributed by atoms with Crippen molar-refractivity contribution < 1.29 is 5.21 Å². The summed E-state index contributed by atoms with van der Waals surface area (Å²) in [5.74, 6) is 0.257. The first-order chi connectivity index (χ1) is 7.60. The maximum absolute atomic E-state index is 8.69. The molecule has 90 valence electrons. The zero-order valence-corrected chi connectivity index (χ0v) is 10.7. The first kappa shape index (κ1) is 12.9. The zero-order chi connectivity index (χ0) is 12.1. The van der Waals surface area contributed by atoms with E-state index < -0.39 is 0 Å². The molecule has 3 N–H and O–H groups in total. The van der Waals surface area contributed by atoms with Crippen LogP contribution >= 0.6 is 11.3 Å². The second-order valence-corrected chi connectivity index (χ2v) is 4.66. The summed E-state index contributed by atoms with van der Waals surface area (Å²) in [5, 5.41) is 11.8. The topological polar surface area (TPSA) is 74.7 Å². The van der Waals surface area contributed by atoms with E-state index in [-0.39, 0.29) is 11.9 Å². The highest BCUT2D eigenvalue weighted by Crippen LogP contribution is 2.16. The minimum Gasteiger partial charge on any atom is -0.409 e. The van der Waals surface area contributed by atoms with Gasteiger partial charge in [-0.05, 0) is 20.4 Å². The number of nitrogens with two attached hydrogens (primary N) is 1. The van der Waals surface area contributed by atoms with E-state index >= 15 is 0 Å². The highest BCUT2D eigenvalue weighted by molar-refractivity contribution is 7.09. The van der Waals surface area contributed by atoms with Crippen LogP contribution in [-0.4, -0.2) is 34.0 Å². The summed E-state index contributed by atoms with van der Waals surface area (Å²) < 4.78 is 0. The van der Waals surface area contributed by atoms with E-state index in [0.717, 1.165) is 18.7 Å². The van der Waals surface area contributed by atoms with Crippen LogP contribution in [0.3, 0.4) is 0 Å². The Morgan fingerprint density at radius 3 is 2.88 bits per heavy atom. The Labute approximate surface area is 99.6 Å². The van der Waals surface area contributed by atoms with Crippen molar-refractivity contribution in [1.82, 2.24) is 9.88 Å². The number of aryl methyl sites for hydroxylation is 1. The van der Waals surface area contributed by atoms with Gasteiger partial charge in [-0.3, -0.25) is 4.90 Å². The molecule has 0 amide bonds. The second kappa shape index (κ2) is 5.81. The molecule has 1 rings (SSSR count). The molecule has 5 nitrogen and oxygen atoms in total. The average Bonchev–Trinajstić information content (AvgIpc) is 2.65. The third kappa shape index (κ3) is 2.93. The molecule has 0 radical (unpaired) electrons. The van der Waals surface area contributed by atoms with Crippen LogP contribution in [0.1, 0.15) is 23.9 Å². The molecule has 16 heavy (non-hydrogen) atoms. The molecular formula is C10H18N4OS. The van der Waals surface area contributed by atoms with E-state index in [1.165, 1.54) is 4.88 Å². The van der Waals surface area contributed by atoms with Crippen LogP contribution in [0, 0.1) is 6.92 Å². The standard InChI is InChI=1S/C10H18N4OS/c1-4-8(10(11)13-15)14(3)5-9-7(2)12-6-16-9/h6,8,15H,4-5H2,1-3H3,(H2,11,13). The second-order valence-electron chi connectivity index (χ2n) is 3.72. The van der Waals surface area contributed by atoms with Gasteiger partial charge in [0.05, 0.1) is 17.2 Å². The van der Waals surface area contributed by atoms with Crippen LogP contribution in [0.5, 0.6) is 0 Å². The van der Waals surface area contributed by atoms with Gasteiger partial charge in [-0.1, -0.05) is 12.1 Å². The van der Waals surface area contributed by atoms with Gasteiger partial charge < -0.3 is 10.9 Å². The molecule has 0 bridgehead atoms. The molecule has 0 aliphatic heterocycles. The van der Waals surface area contributed by atoms with Gasteiger partial charge in [0.2, 0.25) is 0 Å². The summed E-state index contributed by atoms with van der Waals surface area (Å²) in [6.07, 6.45) is 0.810. The molecular weight excluding hydrogens is 224 g/mol. The lowest BCUT2D eigenvalue weighted by Crippen LogP contribution is -2.41. The summed E-state index contributed by atoms with van der Waals surface area (Å²) >= 11 is 1.63. The number of nitrogens with zero attached hydrogens (tertiary/aromatic N) is 3. The van der Waals surface area contributed by atoms with E-state index in [0.29, 0.717) is 0 Å². The molecule has 1 heterocycles. The molecule has 1 unspecified atom stereocenters. The number of rotatable bonds is 5. The van der Waals surface area contributed by atoms with Gasteiger partial charge in [0, 0.05) is 11.4 Å². The Balaban J connectivity index is 2.70. The fourth-order valence-corrected chi connectivity index (χ4v) is 2.47. The van der Waals surface area contributed by atoms with Crippen LogP contribution in [0.15, 0.2) is 10.7 Å². The first-order valence-corrected chi connectivity index (χ1v) is 6.04. The molecule has 0 aliphatic carbocycles. The minimum absolute atomic E-state index is 0.0356. The molecule has 0 saturated carbocycles. The van der Waals surface area contributed by atoms with E-state index in [1.807, 2.05) is 26.4 Å². The van der Waals surface area contributed by atoms with Crippen molar-refractivity contribution in [2.24, 2.45) is 10.9 Å². The number of hydrogen-bond donors (Lipinski definition) is 2. The number of likely N-dealkylation sites (N-methyl/N-ethyl adjacent to an activating group) is 1. The lowest BCUT2D eigenvalue weighted by atomic mass is 10.2. The molecule has 0 aromatic carbocycles. The molecule has 1 atom stereocenters. The van der Waals surface area contributed by atoms with Crippen LogP contribution in [0.4, 0.5) is 0 Å². The molecule has 1 aromatic rings. The van der Waals surface area contributed by atoms with Gasteiger partial charge in [-0.2, -0.15) is 0 Å². The number of oxime groups is 1. The molecule has 1 aromatic heterocycles. The number of amidine groups is 1. The van der Waals surface area contributed by atoms with Crippen molar-refractivity contribution in [1.29, 1.82) is 0 Å². The maximum atomic E-state index is 8.69. The number of aromatic nitrogens is 1. The van der Waals surface area contributed by atoms with Gasteiger partial charge in [-0.25, -0.2) is 4.98 Å². The average molecular weight is 242 g/mol. The highest BCUT2D eigenvalue weighted by Gasteiger charge is 2.18. The normalized spacial score (nSPS) is 14.4. The van der Waals surface area contributed by atoms with Gasteiger partial charge >= 0.3 is 0 Å². The van der Waals surface area contributed by atoms with E-state index in [4.69, 9.17) is 10.9 Å². The van der Waals surface area contributed by atoms with Crippen molar-refractivity contribution in [3.05, 3.63) is 16.1 Å². The third-order valence-corrected chi connectivity index (χ3v) is 3.53. The van der Waals surface area contributed by atoms with Gasteiger partial charge in [0.25, 0.3) is 0 Å². The summed E-state index contributed by atoms with van der Waals surface area (Å²) in [5.41, 5.74) is 8.53. The van der Waals surface area contributed by atoms with Crippen molar-refractivity contribution in [3.8, 4) is 0 Å². The Bertz CT molecular complexity index is 363. The van der Waals surface area contributed by atoms with Crippen LogP contribution in [0.25, 0.3) is 0 Å². The number of thiazole rings is 1. The van der Waals surface area contributed by atoms with Gasteiger partial charge in [-0.15, -0.1) is 11.3 Å². The van der Waals surface area contributed by atoms with Crippen LogP contribution in [0.2, 0.25) is 0 Å². The predicted octanol–water partition coefficient (Wildman–Crippen LogP) is 1.41. The quantitative estimate of drug-likeness (QED) is 0.354.